The van der Waals surface area contributed by atoms with E-state index in [-0.39, 0.29) is 36.4 Å². The molecule has 2 amide bonds. The second kappa shape index (κ2) is 11.5. The maximum absolute atomic E-state index is 13.2. The fourth-order valence-corrected chi connectivity index (χ4v) is 3.76. The summed E-state index contributed by atoms with van der Waals surface area (Å²) in [5.41, 5.74) is 2.03. The maximum atomic E-state index is 13.2. The van der Waals surface area contributed by atoms with Crippen molar-refractivity contribution in [3.8, 4) is 11.5 Å². The molecule has 7 heteroatoms. The molecule has 0 bridgehead atoms. The van der Waals surface area contributed by atoms with Crippen molar-refractivity contribution in [1.82, 2.24) is 10.2 Å². The van der Waals surface area contributed by atoms with Gasteiger partial charge in [-0.05, 0) is 77.5 Å². The number of nitrogens with one attached hydrogen (secondary N) is 1. The Labute approximate surface area is 205 Å². The van der Waals surface area contributed by atoms with Crippen molar-refractivity contribution < 1.29 is 19.1 Å². The van der Waals surface area contributed by atoms with Crippen LogP contribution in [0.2, 0.25) is 0 Å². The van der Waals surface area contributed by atoms with Crippen molar-refractivity contribution in [3.63, 3.8) is 0 Å². The van der Waals surface area contributed by atoms with Crippen molar-refractivity contribution in [2.75, 3.05) is 13.7 Å². The molecule has 0 fully saturated rings. The number of carbonyl (C=O) groups is 2. The quantitative estimate of drug-likeness (QED) is 0.502. The van der Waals surface area contributed by atoms with E-state index in [0.717, 1.165) is 15.6 Å². The molecule has 2 aromatic carbocycles. The zero-order chi connectivity index (χ0) is 24.8. The van der Waals surface area contributed by atoms with Crippen molar-refractivity contribution >= 4 is 27.7 Å². The van der Waals surface area contributed by atoms with Crippen LogP contribution in [0.4, 0.5) is 0 Å². The third kappa shape index (κ3) is 7.77. The van der Waals surface area contributed by atoms with E-state index in [0.29, 0.717) is 11.5 Å². The Morgan fingerprint density at radius 2 is 1.79 bits per heavy atom. The number of benzene rings is 2. The first kappa shape index (κ1) is 26.7. The zero-order valence-electron chi connectivity index (χ0n) is 20.6. The lowest BCUT2D eigenvalue weighted by Gasteiger charge is -2.29. The number of amides is 2. The van der Waals surface area contributed by atoms with Crippen molar-refractivity contribution in [2.45, 2.75) is 65.6 Å². The van der Waals surface area contributed by atoms with Gasteiger partial charge in [0.1, 0.15) is 17.5 Å². The van der Waals surface area contributed by atoms with Crippen molar-refractivity contribution in [1.29, 1.82) is 0 Å². The van der Waals surface area contributed by atoms with E-state index in [2.05, 4.69) is 42.0 Å². The Morgan fingerprint density at radius 3 is 2.36 bits per heavy atom. The lowest BCUT2D eigenvalue weighted by atomic mass is 9.87. The first-order valence-electron chi connectivity index (χ1n) is 11.1. The normalized spacial score (nSPS) is 12.3. The molecule has 2 rings (SSSR count). The lowest BCUT2D eigenvalue weighted by molar-refractivity contribution is -0.142. The lowest BCUT2D eigenvalue weighted by Crippen LogP contribution is -2.50. The van der Waals surface area contributed by atoms with Crippen LogP contribution in [0.1, 0.15) is 52.7 Å². The summed E-state index contributed by atoms with van der Waals surface area (Å²) in [5, 5.41) is 2.88. The predicted molar refractivity (Wildman–Crippen MR) is 135 cm³/mol. The Kier molecular flexibility index (Phi) is 9.35. The highest BCUT2D eigenvalue weighted by atomic mass is 79.9. The minimum absolute atomic E-state index is 0.00359. The number of hydrogen-bond acceptors (Lipinski definition) is 4. The van der Waals surface area contributed by atoms with E-state index in [9.17, 15) is 9.59 Å². The molecule has 1 unspecified atom stereocenters. The highest BCUT2D eigenvalue weighted by molar-refractivity contribution is 9.10. The number of rotatable bonds is 9. The van der Waals surface area contributed by atoms with Gasteiger partial charge in [0.05, 0.1) is 11.6 Å². The summed E-state index contributed by atoms with van der Waals surface area (Å²) in [7, 11) is 1.59. The maximum Gasteiger partial charge on any atom is 0.261 e. The molecule has 6 nitrogen and oxygen atoms in total. The van der Waals surface area contributed by atoms with Gasteiger partial charge in [-0.15, -0.1) is 0 Å². The largest absolute Gasteiger partial charge is 0.497 e. The summed E-state index contributed by atoms with van der Waals surface area (Å²) in [6, 6.07) is 12.6. The van der Waals surface area contributed by atoms with E-state index in [1.165, 1.54) is 4.90 Å². The summed E-state index contributed by atoms with van der Waals surface area (Å²) in [6.45, 7) is 12.0. The minimum Gasteiger partial charge on any atom is -0.497 e. The van der Waals surface area contributed by atoms with Gasteiger partial charge < -0.3 is 19.7 Å². The molecule has 0 aliphatic carbocycles. The van der Waals surface area contributed by atoms with Gasteiger partial charge in [-0.1, -0.05) is 39.0 Å². The number of halogens is 1. The summed E-state index contributed by atoms with van der Waals surface area (Å²) in [5.74, 6) is 0.781. The van der Waals surface area contributed by atoms with Gasteiger partial charge in [-0.25, -0.2) is 0 Å². The molecule has 0 spiro atoms. The number of carbonyl (C=O) groups excluding carboxylic acids is 2. The molecule has 33 heavy (non-hydrogen) atoms. The van der Waals surface area contributed by atoms with Crippen LogP contribution >= 0.6 is 15.9 Å². The van der Waals surface area contributed by atoms with E-state index in [1.807, 2.05) is 56.3 Å². The third-order valence-corrected chi connectivity index (χ3v) is 5.85. The molecule has 0 radical (unpaired) electrons. The van der Waals surface area contributed by atoms with Crippen molar-refractivity contribution in [2.24, 2.45) is 0 Å². The van der Waals surface area contributed by atoms with E-state index in [1.54, 1.807) is 14.0 Å². The van der Waals surface area contributed by atoms with Gasteiger partial charge in [0, 0.05) is 12.6 Å². The molecule has 0 aromatic heterocycles. The molecule has 0 aliphatic heterocycles. The van der Waals surface area contributed by atoms with E-state index >= 15 is 0 Å². The molecule has 180 valence electrons. The van der Waals surface area contributed by atoms with Gasteiger partial charge in [-0.2, -0.15) is 0 Å². The summed E-state index contributed by atoms with van der Waals surface area (Å²) >= 11 is 3.55. The van der Waals surface area contributed by atoms with Crippen molar-refractivity contribution in [3.05, 3.63) is 58.1 Å². The third-order valence-electron chi connectivity index (χ3n) is 5.23. The highest BCUT2D eigenvalue weighted by Crippen LogP contribution is 2.31. The summed E-state index contributed by atoms with van der Waals surface area (Å²) in [4.78, 5) is 27.4. The molecule has 0 heterocycles. The standard InChI is InChI=1S/C26H35BrN2O4/c1-17(2)28-25(31)18(3)29(15-19-9-8-10-21(13-19)32-7)24(30)16-33-23-12-11-20(14-22(23)27)26(4,5)6/h8-14,17-18H,15-16H2,1-7H3,(H,28,31). The first-order valence-corrected chi connectivity index (χ1v) is 11.9. The number of hydrogen-bond donors (Lipinski definition) is 1. The van der Waals surface area contributed by atoms with Gasteiger partial charge >= 0.3 is 0 Å². The molecule has 1 N–H and O–H groups in total. The fraction of sp³-hybridized carbons (Fsp3) is 0.462. The fourth-order valence-electron chi connectivity index (χ4n) is 3.26. The molecule has 0 saturated carbocycles. The molecule has 2 aromatic rings. The van der Waals surface area contributed by atoms with E-state index < -0.39 is 6.04 Å². The van der Waals surface area contributed by atoms with Gasteiger partial charge in [0.2, 0.25) is 5.91 Å². The average molecular weight is 519 g/mol. The second-order valence-corrected chi connectivity index (χ2v) is 10.3. The minimum atomic E-state index is -0.665. The Morgan fingerprint density at radius 1 is 1.09 bits per heavy atom. The number of methoxy groups -OCH3 is 1. The second-order valence-electron chi connectivity index (χ2n) is 9.40. The van der Waals surface area contributed by atoms with Crippen LogP contribution in [0, 0.1) is 0 Å². The number of nitrogens with zero attached hydrogens (tertiary/aromatic N) is 1. The van der Waals surface area contributed by atoms with E-state index in [4.69, 9.17) is 9.47 Å². The topological polar surface area (TPSA) is 67.9 Å². The number of ether oxygens (including phenoxy) is 2. The average Bonchev–Trinajstić information content (AvgIpc) is 2.74. The Hall–Kier alpha value is -2.54. The smallest absolute Gasteiger partial charge is 0.261 e. The van der Waals surface area contributed by atoms with Crippen LogP contribution in [0.5, 0.6) is 11.5 Å². The van der Waals surface area contributed by atoms with Crippen LogP contribution in [-0.2, 0) is 21.5 Å². The van der Waals surface area contributed by atoms with Gasteiger partial charge in [-0.3, -0.25) is 9.59 Å². The van der Waals surface area contributed by atoms with Crippen LogP contribution in [0.15, 0.2) is 46.9 Å². The summed E-state index contributed by atoms with van der Waals surface area (Å²) in [6.07, 6.45) is 0. The molecule has 0 aliphatic rings. The van der Waals surface area contributed by atoms with Crippen LogP contribution in [-0.4, -0.2) is 42.5 Å². The monoisotopic (exact) mass is 518 g/mol. The van der Waals surface area contributed by atoms with Crippen LogP contribution in [0.25, 0.3) is 0 Å². The summed E-state index contributed by atoms with van der Waals surface area (Å²) < 4.78 is 11.9. The van der Waals surface area contributed by atoms with Gasteiger partial charge in [0.15, 0.2) is 6.61 Å². The first-order chi connectivity index (χ1) is 15.4. The van der Waals surface area contributed by atoms with Gasteiger partial charge in [0.25, 0.3) is 5.91 Å². The van der Waals surface area contributed by atoms with Crippen LogP contribution < -0.4 is 14.8 Å². The SMILES string of the molecule is COc1cccc(CN(C(=O)COc2ccc(C(C)(C)C)cc2Br)C(C)C(=O)NC(C)C)c1. The molecular formula is C26H35BrN2O4. The predicted octanol–water partition coefficient (Wildman–Crippen LogP) is 5.08. The van der Waals surface area contributed by atoms with Crippen LogP contribution in [0.3, 0.4) is 0 Å². The zero-order valence-corrected chi connectivity index (χ0v) is 22.2. The highest BCUT2D eigenvalue weighted by Gasteiger charge is 2.27. The Bertz CT molecular complexity index is 969. The molecular weight excluding hydrogens is 484 g/mol. The Balaban J connectivity index is 2.21. The molecule has 0 saturated heterocycles. The molecule has 1 atom stereocenters.